The number of aryl methyl sites for hydroxylation is 1. The average molecular weight is 374 g/mol. The first kappa shape index (κ1) is 18.9. The van der Waals surface area contributed by atoms with E-state index in [1.807, 2.05) is 13.0 Å². The first-order chi connectivity index (χ1) is 12.9. The minimum atomic E-state index is -0.771. The smallest absolute Gasteiger partial charge is 0.339 e. The molecule has 2 heterocycles. The molecule has 0 saturated carbocycles. The maximum atomic E-state index is 12.6. The van der Waals surface area contributed by atoms with Gasteiger partial charge in [-0.25, -0.2) is 4.79 Å². The molecular formula is C19H22N2O6. The fourth-order valence-electron chi connectivity index (χ4n) is 3.30. The van der Waals surface area contributed by atoms with Crippen LogP contribution >= 0.6 is 0 Å². The van der Waals surface area contributed by atoms with Gasteiger partial charge in [0.25, 0.3) is 0 Å². The molecule has 1 aliphatic heterocycles. The van der Waals surface area contributed by atoms with Gasteiger partial charge < -0.3 is 24.5 Å². The molecule has 1 saturated heterocycles. The van der Waals surface area contributed by atoms with Gasteiger partial charge in [0.05, 0.1) is 20.3 Å². The van der Waals surface area contributed by atoms with Crippen molar-refractivity contribution in [3.63, 3.8) is 0 Å². The van der Waals surface area contributed by atoms with Crippen molar-refractivity contribution in [1.29, 1.82) is 0 Å². The molecular weight excluding hydrogens is 352 g/mol. The number of amides is 2. The van der Waals surface area contributed by atoms with Gasteiger partial charge in [0.15, 0.2) is 0 Å². The van der Waals surface area contributed by atoms with Gasteiger partial charge >= 0.3 is 5.63 Å². The number of nitrogens with two attached hydrogens (primary N) is 1. The van der Waals surface area contributed by atoms with Crippen LogP contribution in [0.2, 0.25) is 0 Å². The predicted octanol–water partition coefficient (Wildman–Crippen LogP) is 0.755. The van der Waals surface area contributed by atoms with Crippen molar-refractivity contribution in [2.75, 3.05) is 26.9 Å². The van der Waals surface area contributed by atoms with Crippen LogP contribution in [0.1, 0.15) is 17.5 Å². The molecule has 0 bridgehead atoms. The summed E-state index contributed by atoms with van der Waals surface area (Å²) in [6, 6.07) is 4.50. The fraction of sp³-hybridized carbons (Fsp3) is 0.421. The van der Waals surface area contributed by atoms with Gasteiger partial charge in [-0.15, -0.1) is 0 Å². The van der Waals surface area contributed by atoms with Crippen LogP contribution in [0.5, 0.6) is 5.75 Å². The molecule has 1 fully saturated rings. The van der Waals surface area contributed by atoms with E-state index in [2.05, 4.69) is 0 Å². The van der Waals surface area contributed by atoms with Crippen LogP contribution in [0.4, 0.5) is 0 Å². The van der Waals surface area contributed by atoms with Crippen molar-refractivity contribution in [2.45, 2.75) is 25.8 Å². The van der Waals surface area contributed by atoms with Gasteiger partial charge in [0.1, 0.15) is 17.4 Å². The Labute approximate surface area is 155 Å². The first-order valence-electron chi connectivity index (χ1n) is 8.69. The number of hydrogen-bond acceptors (Lipinski definition) is 6. The number of carbonyl (C=O) groups excluding carboxylic acids is 2. The molecule has 0 radical (unpaired) electrons. The first-order valence-corrected chi connectivity index (χ1v) is 8.69. The van der Waals surface area contributed by atoms with E-state index in [-0.39, 0.29) is 25.4 Å². The van der Waals surface area contributed by atoms with E-state index in [1.54, 1.807) is 12.1 Å². The molecule has 1 aromatic heterocycles. The highest BCUT2D eigenvalue weighted by molar-refractivity contribution is 5.87. The molecule has 3 rings (SSSR count). The molecule has 144 valence electrons. The zero-order valence-corrected chi connectivity index (χ0v) is 15.3. The lowest BCUT2D eigenvalue weighted by atomic mass is 10.0. The second-order valence-corrected chi connectivity index (χ2v) is 6.44. The SMILES string of the molecule is COc1ccc2c(C)c(CCC(=O)N3CCOC[C@@H]3C(N)=O)c(=O)oc2c1. The quantitative estimate of drug-likeness (QED) is 0.773. The van der Waals surface area contributed by atoms with E-state index in [0.717, 1.165) is 10.9 Å². The second kappa shape index (κ2) is 7.79. The van der Waals surface area contributed by atoms with Crippen molar-refractivity contribution in [2.24, 2.45) is 5.73 Å². The molecule has 1 atom stereocenters. The standard InChI is InChI=1S/C19H22N2O6/c1-11-13-4-3-12(25-2)9-16(13)27-19(24)14(11)5-6-17(22)21-7-8-26-10-15(21)18(20)23/h3-4,9,15H,5-8,10H2,1-2H3,(H2,20,23)/t15-/m1/s1. The normalized spacial score (nSPS) is 17.1. The highest BCUT2D eigenvalue weighted by atomic mass is 16.5. The van der Waals surface area contributed by atoms with Crippen LogP contribution in [-0.2, 0) is 20.7 Å². The van der Waals surface area contributed by atoms with Crippen molar-refractivity contribution >= 4 is 22.8 Å². The minimum Gasteiger partial charge on any atom is -0.497 e. The Kier molecular flexibility index (Phi) is 5.46. The predicted molar refractivity (Wildman–Crippen MR) is 97.6 cm³/mol. The zero-order valence-electron chi connectivity index (χ0n) is 15.3. The maximum Gasteiger partial charge on any atom is 0.339 e. The Morgan fingerprint density at radius 2 is 2.15 bits per heavy atom. The molecule has 0 unspecified atom stereocenters. The third kappa shape index (κ3) is 3.80. The lowest BCUT2D eigenvalue weighted by Gasteiger charge is -2.33. The van der Waals surface area contributed by atoms with Crippen LogP contribution in [0.25, 0.3) is 11.0 Å². The average Bonchev–Trinajstić information content (AvgIpc) is 2.67. The number of nitrogens with zero attached hydrogens (tertiary/aromatic N) is 1. The summed E-state index contributed by atoms with van der Waals surface area (Å²) in [4.78, 5) is 37.9. The molecule has 1 aromatic carbocycles. The lowest BCUT2D eigenvalue weighted by Crippen LogP contribution is -2.54. The Morgan fingerprint density at radius 3 is 2.85 bits per heavy atom. The molecule has 8 heteroatoms. The van der Waals surface area contributed by atoms with E-state index < -0.39 is 17.6 Å². The molecule has 0 spiro atoms. The largest absolute Gasteiger partial charge is 0.497 e. The number of fused-ring (bicyclic) bond motifs is 1. The summed E-state index contributed by atoms with van der Waals surface area (Å²) in [5.41, 5.74) is 6.53. The van der Waals surface area contributed by atoms with Gasteiger partial charge in [-0.3, -0.25) is 9.59 Å². The summed E-state index contributed by atoms with van der Waals surface area (Å²) < 4.78 is 15.8. The molecule has 0 aliphatic carbocycles. The van der Waals surface area contributed by atoms with Crippen molar-refractivity contribution in [1.82, 2.24) is 4.90 Å². The van der Waals surface area contributed by atoms with Gasteiger partial charge in [-0.2, -0.15) is 0 Å². The molecule has 2 aromatic rings. The topological polar surface area (TPSA) is 112 Å². The van der Waals surface area contributed by atoms with Gasteiger partial charge in [0.2, 0.25) is 11.8 Å². The maximum absolute atomic E-state index is 12.6. The summed E-state index contributed by atoms with van der Waals surface area (Å²) in [6.45, 7) is 2.58. The highest BCUT2D eigenvalue weighted by Gasteiger charge is 2.31. The van der Waals surface area contributed by atoms with E-state index >= 15 is 0 Å². The Hall–Kier alpha value is -2.87. The molecule has 2 N–H and O–H groups in total. The van der Waals surface area contributed by atoms with Crippen LogP contribution in [0, 0.1) is 6.92 Å². The number of morpholine rings is 1. The molecule has 1 aliphatic rings. The summed E-state index contributed by atoms with van der Waals surface area (Å²) in [7, 11) is 1.54. The summed E-state index contributed by atoms with van der Waals surface area (Å²) in [5, 5.41) is 0.791. The van der Waals surface area contributed by atoms with Crippen molar-refractivity contribution < 1.29 is 23.5 Å². The summed E-state index contributed by atoms with van der Waals surface area (Å²) in [6.07, 6.45) is 0.300. The Balaban J connectivity index is 1.81. The van der Waals surface area contributed by atoms with Gasteiger partial charge in [-0.1, -0.05) is 0 Å². The number of primary amides is 1. The molecule has 2 amide bonds. The van der Waals surface area contributed by atoms with Crippen LogP contribution in [0.15, 0.2) is 27.4 Å². The van der Waals surface area contributed by atoms with E-state index in [1.165, 1.54) is 12.0 Å². The Morgan fingerprint density at radius 1 is 1.37 bits per heavy atom. The lowest BCUT2D eigenvalue weighted by molar-refractivity contribution is -0.147. The van der Waals surface area contributed by atoms with Crippen molar-refractivity contribution in [3.8, 4) is 5.75 Å². The van der Waals surface area contributed by atoms with E-state index in [9.17, 15) is 14.4 Å². The number of methoxy groups -OCH3 is 1. The number of carbonyl (C=O) groups is 2. The monoisotopic (exact) mass is 374 g/mol. The van der Waals surface area contributed by atoms with E-state index in [0.29, 0.717) is 30.0 Å². The third-order valence-corrected chi connectivity index (χ3v) is 4.86. The number of ether oxygens (including phenoxy) is 2. The van der Waals surface area contributed by atoms with Gasteiger partial charge in [-0.05, 0) is 31.0 Å². The van der Waals surface area contributed by atoms with Crippen LogP contribution < -0.4 is 16.1 Å². The summed E-state index contributed by atoms with van der Waals surface area (Å²) in [5.74, 6) is -0.244. The van der Waals surface area contributed by atoms with Crippen LogP contribution in [0.3, 0.4) is 0 Å². The number of benzene rings is 1. The highest BCUT2D eigenvalue weighted by Crippen LogP contribution is 2.24. The fourth-order valence-corrected chi connectivity index (χ4v) is 3.30. The summed E-state index contributed by atoms with van der Waals surface area (Å²) >= 11 is 0. The molecule has 27 heavy (non-hydrogen) atoms. The number of rotatable bonds is 5. The Bertz CT molecular complexity index is 936. The van der Waals surface area contributed by atoms with Crippen LogP contribution in [-0.4, -0.2) is 49.6 Å². The third-order valence-electron chi connectivity index (χ3n) is 4.86. The molecule has 8 nitrogen and oxygen atoms in total. The minimum absolute atomic E-state index is 0.0804. The van der Waals surface area contributed by atoms with Crippen molar-refractivity contribution in [3.05, 3.63) is 39.7 Å². The zero-order chi connectivity index (χ0) is 19.6. The van der Waals surface area contributed by atoms with E-state index in [4.69, 9.17) is 19.6 Å². The number of hydrogen-bond donors (Lipinski definition) is 1. The second-order valence-electron chi connectivity index (χ2n) is 6.44. The van der Waals surface area contributed by atoms with Gasteiger partial charge in [0, 0.05) is 30.0 Å².